The highest BCUT2D eigenvalue weighted by Gasteiger charge is 2.18. The van der Waals surface area contributed by atoms with Crippen molar-refractivity contribution >= 4 is 0 Å². The summed E-state index contributed by atoms with van der Waals surface area (Å²) in [5.74, 6) is 0.509. The molecule has 3 rings (SSSR count). The molecule has 0 spiro atoms. The number of nitrogens with zero attached hydrogens (tertiary/aromatic N) is 4. The van der Waals surface area contributed by atoms with Gasteiger partial charge in [0.15, 0.2) is 0 Å². The average molecular weight is 376 g/mol. The smallest absolute Gasteiger partial charge is 0.387 e. The van der Waals surface area contributed by atoms with E-state index in [2.05, 4.69) is 15.2 Å². The second kappa shape index (κ2) is 7.56. The zero-order valence-electron chi connectivity index (χ0n) is 15.0. The number of aromatic nitrogens is 4. The van der Waals surface area contributed by atoms with Crippen molar-refractivity contribution in [3.8, 4) is 17.2 Å². The molecule has 0 N–H and O–H groups in total. The van der Waals surface area contributed by atoms with Gasteiger partial charge in [-0.1, -0.05) is 23.8 Å². The van der Waals surface area contributed by atoms with Crippen LogP contribution >= 0.6 is 0 Å². The summed E-state index contributed by atoms with van der Waals surface area (Å²) < 4.78 is 38.1. The SMILES string of the molecule is Cc1ccc(OCc2c(OC(F)F)cccc2-n2nnn(C)c2=O)c(C)c1. The summed E-state index contributed by atoms with van der Waals surface area (Å²) in [6.45, 7) is 0.739. The minimum absolute atomic E-state index is 0.0921. The number of ether oxygens (including phenoxy) is 2. The number of benzene rings is 2. The van der Waals surface area contributed by atoms with Crippen molar-refractivity contribution in [3.63, 3.8) is 0 Å². The summed E-state index contributed by atoms with van der Waals surface area (Å²) in [7, 11) is 1.44. The molecular formula is C18H18F2N4O3. The van der Waals surface area contributed by atoms with E-state index < -0.39 is 12.3 Å². The van der Waals surface area contributed by atoms with Crippen LogP contribution in [0, 0.1) is 13.8 Å². The van der Waals surface area contributed by atoms with Gasteiger partial charge in [-0.3, -0.25) is 0 Å². The fourth-order valence-corrected chi connectivity index (χ4v) is 2.68. The number of hydrogen-bond acceptors (Lipinski definition) is 5. The number of halogens is 2. The highest BCUT2D eigenvalue weighted by Crippen LogP contribution is 2.28. The first-order chi connectivity index (χ1) is 12.9. The first kappa shape index (κ1) is 18.6. The van der Waals surface area contributed by atoms with Gasteiger partial charge in [0.25, 0.3) is 0 Å². The van der Waals surface area contributed by atoms with Crippen LogP contribution in [0.4, 0.5) is 8.78 Å². The van der Waals surface area contributed by atoms with E-state index in [4.69, 9.17) is 4.74 Å². The molecule has 0 saturated carbocycles. The lowest BCUT2D eigenvalue weighted by Gasteiger charge is -2.16. The van der Waals surface area contributed by atoms with Gasteiger partial charge in [0.1, 0.15) is 18.1 Å². The van der Waals surface area contributed by atoms with Gasteiger partial charge >= 0.3 is 12.3 Å². The molecule has 0 unspecified atom stereocenters. The van der Waals surface area contributed by atoms with Gasteiger partial charge in [0.2, 0.25) is 0 Å². The van der Waals surface area contributed by atoms with Crippen molar-refractivity contribution in [2.45, 2.75) is 27.1 Å². The topological polar surface area (TPSA) is 71.2 Å². The van der Waals surface area contributed by atoms with Gasteiger partial charge in [0, 0.05) is 7.05 Å². The molecule has 7 nitrogen and oxygen atoms in total. The van der Waals surface area contributed by atoms with Crippen molar-refractivity contribution in [3.05, 3.63) is 63.6 Å². The maximum Gasteiger partial charge on any atom is 0.387 e. The molecule has 3 aromatic rings. The van der Waals surface area contributed by atoms with Crippen molar-refractivity contribution < 1.29 is 18.3 Å². The van der Waals surface area contributed by atoms with E-state index >= 15 is 0 Å². The second-order valence-electron chi connectivity index (χ2n) is 5.99. The van der Waals surface area contributed by atoms with E-state index in [-0.39, 0.29) is 23.6 Å². The number of tetrazole rings is 1. The largest absolute Gasteiger partial charge is 0.488 e. The van der Waals surface area contributed by atoms with Gasteiger partial charge in [-0.15, -0.1) is 0 Å². The molecule has 0 bridgehead atoms. The van der Waals surface area contributed by atoms with Gasteiger partial charge < -0.3 is 9.47 Å². The third-order valence-corrected chi connectivity index (χ3v) is 3.98. The Morgan fingerprint density at radius 1 is 1.11 bits per heavy atom. The standard InChI is InChI=1S/C18H18F2N4O3/c1-11-7-8-15(12(2)9-11)26-10-13-14(24-18(25)23(3)21-22-24)5-4-6-16(13)27-17(19)20/h4-9,17H,10H2,1-3H3. The molecule has 27 heavy (non-hydrogen) atoms. The predicted molar refractivity (Wildman–Crippen MR) is 93.5 cm³/mol. The van der Waals surface area contributed by atoms with E-state index in [1.165, 1.54) is 19.2 Å². The van der Waals surface area contributed by atoms with Crippen molar-refractivity contribution in [2.75, 3.05) is 0 Å². The third-order valence-electron chi connectivity index (χ3n) is 3.98. The van der Waals surface area contributed by atoms with E-state index in [0.717, 1.165) is 20.5 Å². The molecule has 0 aliphatic heterocycles. The summed E-state index contributed by atoms with van der Waals surface area (Å²) in [6.07, 6.45) is 0. The van der Waals surface area contributed by atoms with Crippen LogP contribution < -0.4 is 15.2 Å². The first-order valence-corrected chi connectivity index (χ1v) is 8.13. The fourth-order valence-electron chi connectivity index (χ4n) is 2.68. The molecule has 9 heteroatoms. The van der Waals surface area contributed by atoms with Crippen molar-refractivity contribution in [1.29, 1.82) is 0 Å². The van der Waals surface area contributed by atoms with Crippen LogP contribution in [0.5, 0.6) is 11.5 Å². The molecule has 0 fully saturated rings. The normalized spacial score (nSPS) is 11.0. The minimum atomic E-state index is -3.02. The molecule has 0 atom stereocenters. The minimum Gasteiger partial charge on any atom is -0.488 e. The predicted octanol–water partition coefficient (Wildman–Crippen LogP) is 2.76. The maximum atomic E-state index is 12.8. The number of aryl methyl sites for hydroxylation is 3. The Bertz CT molecular complexity index is 1010. The van der Waals surface area contributed by atoms with Crippen LogP contribution in [0.25, 0.3) is 5.69 Å². The molecule has 2 aromatic carbocycles. The lowest BCUT2D eigenvalue weighted by atomic mass is 10.1. The first-order valence-electron chi connectivity index (χ1n) is 8.13. The van der Waals surface area contributed by atoms with E-state index in [9.17, 15) is 13.6 Å². The van der Waals surface area contributed by atoms with E-state index in [0.29, 0.717) is 5.75 Å². The molecule has 1 heterocycles. The Kier molecular flexibility index (Phi) is 5.20. The van der Waals surface area contributed by atoms with Crippen molar-refractivity contribution in [2.24, 2.45) is 7.05 Å². The Labute approximate surface area is 153 Å². The molecule has 0 aliphatic carbocycles. The average Bonchev–Trinajstić information content (AvgIpc) is 2.93. The maximum absolute atomic E-state index is 12.8. The lowest BCUT2D eigenvalue weighted by molar-refractivity contribution is -0.0508. The highest BCUT2D eigenvalue weighted by atomic mass is 19.3. The Hall–Kier alpha value is -3.23. The molecule has 1 aromatic heterocycles. The molecule has 0 saturated heterocycles. The van der Waals surface area contributed by atoms with E-state index in [1.807, 2.05) is 26.0 Å². The Morgan fingerprint density at radius 2 is 1.89 bits per heavy atom. The second-order valence-corrected chi connectivity index (χ2v) is 5.99. The van der Waals surface area contributed by atoms with Crippen LogP contribution in [0.15, 0.2) is 41.2 Å². The summed E-state index contributed by atoms with van der Waals surface area (Å²) >= 11 is 0. The summed E-state index contributed by atoms with van der Waals surface area (Å²) in [4.78, 5) is 12.2. The van der Waals surface area contributed by atoms with Crippen LogP contribution in [-0.4, -0.2) is 26.4 Å². The van der Waals surface area contributed by atoms with Crippen molar-refractivity contribution in [1.82, 2.24) is 19.8 Å². The zero-order chi connectivity index (χ0) is 19.6. The number of alkyl halides is 2. The monoisotopic (exact) mass is 376 g/mol. The van der Waals surface area contributed by atoms with Gasteiger partial charge in [-0.25, -0.2) is 4.79 Å². The molecule has 142 valence electrons. The molecule has 0 aliphatic rings. The van der Waals surface area contributed by atoms with Gasteiger partial charge in [-0.05, 0) is 48.0 Å². The van der Waals surface area contributed by atoms with Crippen LogP contribution in [0.3, 0.4) is 0 Å². The Morgan fingerprint density at radius 3 is 2.52 bits per heavy atom. The number of hydrogen-bond donors (Lipinski definition) is 0. The quantitative estimate of drug-likeness (QED) is 0.662. The summed E-state index contributed by atoms with van der Waals surface area (Å²) in [5.41, 5.74) is 1.99. The summed E-state index contributed by atoms with van der Waals surface area (Å²) in [6, 6.07) is 10.1. The molecule has 0 amide bonds. The van der Waals surface area contributed by atoms with Crippen LogP contribution in [-0.2, 0) is 13.7 Å². The van der Waals surface area contributed by atoms with Gasteiger partial charge in [0.05, 0.1) is 11.3 Å². The van der Waals surface area contributed by atoms with Crippen LogP contribution in [0.1, 0.15) is 16.7 Å². The highest BCUT2D eigenvalue weighted by molar-refractivity contribution is 5.49. The Balaban J connectivity index is 2.02. The third kappa shape index (κ3) is 3.97. The fraction of sp³-hybridized carbons (Fsp3) is 0.278. The van der Waals surface area contributed by atoms with E-state index in [1.54, 1.807) is 12.1 Å². The lowest BCUT2D eigenvalue weighted by Crippen LogP contribution is -2.23. The van der Waals surface area contributed by atoms with Crippen LogP contribution in [0.2, 0.25) is 0 Å². The number of rotatable bonds is 6. The van der Waals surface area contributed by atoms with Gasteiger partial charge in [-0.2, -0.15) is 18.1 Å². The zero-order valence-corrected chi connectivity index (χ0v) is 15.0. The molecular weight excluding hydrogens is 358 g/mol. The summed E-state index contributed by atoms with van der Waals surface area (Å²) in [5, 5.41) is 7.42. The molecule has 0 radical (unpaired) electrons.